The summed E-state index contributed by atoms with van der Waals surface area (Å²) in [5.74, 6) is -0.946. The van der Waals surface area contributed by atoms with E-state index in [9.17, 15) is 17.6 Å². The fraction of sp³-hybridized carbons (Fsp3) is 0.381. The van der Waals surface area contributed by atoms with E-state index in [0.29, 0.717) is 25.9 Å². The lowest BCUT2D eigenvalue weighted by molar-refractivity contribution is -0.126. The molecule has 28 heavy (non-hydrogen) atoms. The van der Waals surface area contributed by atoms with Crippen LogP contribution < -0.4 is 5.32 Å². The lowest BCUT2D eigenvalue weighted by Gasteiger charge is -2.31. The maximum absolute atomic E-state index is 13.1. The van der Waals surface area contributed by atoms with Crippen molar-refractivity contribution in [1.29, 1.82) is 0 Å². The molecule has 2 aromatic rings. The molecule has 0 radical (unpaired) electrons. The van der Waals surface area contributed by atoms with Gasteiger partial charge < -0.3 is 5.32 Å². The average molecular weight is 405 g/mol. The van der Waals surface area contributed by atoms with E-state index in [1.807, 2.05) is 18.2 Å². The monoisotopic (exact) mass is 404 g/mol. The molecule has 2 aromatic carbocycles. The van der Waals surface area contributed by atoms with Crippen molar-refractivity contribution in [3.63, 3.8) is 0 Å². The molecule has 0 bridgehead atoms. The zero-order valence-corrected chi connectivity index (χ0v) is 16.5. The predicted molar refractivity (Wildman–Crippen MR) is 106 cm³/mol. The fourth-order valence-corrected chi connectivity index (χ4v) is 4.95. The third-order valence-corrected chi connectivity index (χ3v) is 6.87. The number of aryl methyl sites for hydroxylation is 1. The van der Waals surface area contributed by atoms with E-state index in [0.717, 1.165) is 25.0 Å². The van der Waals surface area contributed by atoms with Crippen LogP contribution in [0.1, 0.15) is 24.8 Å². The molecule has 1 N–H and O–H groups in total. The van der Waals surface area contributed by atoms with Crippen molar-refractivity contribution in [2.45, 2.75) is 30.6 Å². The first-order valence-electron chi connectivity index (χ1n) is 9.54. The number of nitrogens with one attached hydrogen (secondary N) is 1. The Balaban J connectivity index is 1.52. The highest BCUT2D eigenvalue weighted by Gasteiger charge is 2.33. The summed E-state index contributed by atoms with van der Waals surface area (Å²) in [5.41, 5.74) is 1.23. The smallest absolute Gasteiger partial charge is 0.243 e. The fourth-order valence-electron chi connectivity index (χ4n) is 3.42. The van der Waals surface area contributed by atoms with Gasteiger partial charge in [-0.05, 0) is 55.5 Å². The zero-order valence-electron chi connectivity index (χ0n) is 15.7. The van der Waals surface area contributed by atoms with Crippen LogP contribution in [0, 0.1) is 11.7 Å². The molecule has 5 nitrogen and oxygen atoms in total. The summed E-state index contributed by atoms with van der Waals surface area (Å²) in [6.45, 7) is 1.09. The third kappa shape index (κ3) is 5.17. The Kier molecular flexibility index (Phi) is 6.80. The Bertz CT molecular complexity index is 886. The van der Waals surface area contributed by atoms with Crippen LogP contribution in [0.2, 0.25) is 0 Å². The maximum atomic E-state index is 13.1. The second kappa shape index (κ2) is 9.30. The number of carbonyl (C=O) groups is 1. The summed E-state index contributed by atoms with van der Waals surface area (Å²) in [7, 11) is -3.72. The van der Waals surface area contributed by atoms with Crippen LogP contribution in [0.15, 0.2) is 59.5 Å². The van der Waals surface area contributed by atoms with Gasteiger partial charge in [-0.1, -0.05) is 30.3 Å². The quantitative estimate of drug-likeness (QED) is 0.722. The molecule has 1 saturated heterocycles. The number of carbonyl (C=O) groups excluding carboxylic acids is 1. The van der Waals surface area contributed by atoms with Gasteiger partial charge in [0.15, 0.2) is 0 Å². The van der Waals surface area contributed by atoms with Crippen LogP contribution >= 0.6 is 0 Å². The number of nitrogens with zero attached hydrogens (tertiary/aromatic N) is 1. The number of benzene rings is 2. The van der Waals surface area contributed by atoms with E-state index < -0.39 is 15.8 Å². The van der Waals surface area contributed by atoms with Crippen molar-refractivity contribution in [2.75, 3.05) is 19.6 Å². The molecule has 3 rings (SSSR count). The molecule has 0 aliphatic carbocycles. The first kappa shape index (κ1) is 20.5. The van der Waals surface area contributed by atoms with Crippen molar-refractivity contribution in [3.8, 4) is 0 Å². The topological polar surface area (TPSA) is 66.5 Å². The van der Waals surface area contributed by atoms with Crippen LogP contribution in [-0.2, 0) is 21.2 Å². The predicted octanol–water partition coefficient (Wildman–Crippen LogP) is 2.98. The number of sulfonamides is 1. The Labute approximate surface area is 165 Å². The van der Waals surface area contributed by atoms with Crippen LogP contribution in [-0.4, -0.2) is 38.3 Å². The molecular weight excluding hydrogens is 379 g/mol. The highest BCUT2D eigenvalue weighted by atomic mass is 32.2. The van der Waals surface area contributed by atoms with E-state index >= 15 is 0 Å². The number of rotatable bonds is 7. The average Bonchev–Trinajstić information content (AvgIpc) is 2.72. The second-order valence-electron chi connectivity index (χ2n) is 7.04. The molecule has 1 aliphatic heterocycles. The summed E-state index contributed by atoms with van der Waals surface area (Å²) in [6, 6.07) is 14.9. The SMILES string of the molecule is O=C(NCCCc1ccccc1)[C@@H]1CCCN(S(=O)(=O)c2ccc(F)cc2)C1. The van der Waals surface area contributed by atoms with Gasteiger partial charge in [-0.25, -0.2) is 12.8 Å². The van der Waals surface area contributed by atoms with Crippen molar-refractivity contribution >= 4 is 15.9 Å². The summed E-state index contributed by atoms with van der Waals surface area (Å²) in [4.78, 5) is 12.5. The number of piperidine rings is 1. The van der Waals surface area contributed by atoms with Gasteiger partial charge in [0.25, 0.3) is 0 Å². The maximum Gasteiger partial charge on any atom is 0.243 e. The van der Waals surface area contributed by atoms with Crippen molar-refractivity contribution in [2.24, 2.45) is 5.92 Å². The van der Waals surface area contributed by atoms with Crippen LogP contribution in [0.4, 0.5) is 4.39 Å². The number of halogens is 1. The molecule has 0 saturated carbocycles. The van der Waals surface area contributed by atoms with Crippen LogP contribution in [0.3, 0.4) is 0 Å². The molecule has 1 atom stereocenters. The Hall–Kier alpha value is -2.25. The summed E-state index contributed by atoms with van der Waals surface area (Å²) in [6.07, 6.45) is 3.01. The van der Waals surface area contributed by atoms with Gasteiger partial charge in [0.1, 0.15) is 5.82 Å². The minimum atomic E-state index is -3.72. The van der Waals surface area contributed by atoms with E-state index in [2.05, 4.69) is 17.4 Å². The number of hydrogen-bond acceptors (Lipinski definition) is 3. The summed E-state index contributed by atoms with van der Waals surface area (Å²) >= 11 is 0. The Morgan fingerprint density at radius 3 is 2.54 bits per heavy atom. The van der Waals surface area contributed by atoms with E-state index in [1.54, 1.807) is 0 Å². The van der Waals surface area contributed by atoms with Crippen molar-refractivity contribution in [1.82, 2.24) is 9.62 Å². The number of amides is 1. The Morgan fingerprint density at radius 2 is 1.82 bits per heavy atom. The standard InChI is InChI=1S/C21H25FN2O3S/c22-19-10-12-20(13-11-19)28(26,27)24-15-5-9-18(16-24)21(25)23-14-4-8-17-6-2-1-3-7-17/h1-3,6-7,10-13,18H,4-5,8-9,14-16H2,(H,23,25)/t18-/m1/s1. The highest BCUT2D eigenvalue weighted by molar-refractivity contribution is 7.89. The first-order valence-corrected chi connectivity index (χ1v) is 11.0. The summed E-state index contributed by atoms with van der Waals surface area (Å²) < 4.78 is 39.9. The molecule has 1 fully saturated rings. The molecule has 0 unspecified atom stereocenters. The third-order valence-electron chi connectivity index (χ3n) is 4.99. The van der Waals surface area contributed by atoms with Crippen molar-refractivity contribution in [3.05, 3.63) is 66.0 Å². The minimum Gasteiger partial charge on any atom is -0.356 e. The number of hydrogen-bond donors (Lipinski definition) is 1. The first-order chi connectivity index (χ1) is 13.5. The molecule has 0 aromatic heterocycles. The van der Waals surface area contributed by atoms with Gasteiger partial charge in [0.2, 0.25) is 15.9 Å². The zero-order chi connectivity index (χ0) is 20.0. The van der Waals surface area contributed by atoms with Gasteiger partial charge in [-0.3, -0.25) is 4.79 Å². The van der Waals surface area contributed by atoms with Gasteiger partial charge >= 0.3 is 0 Å². The lowest BCUT2D eigenvalue weighted by atomic mass is 9.99. The minimum absolute atomic E-state index is 0.0535. The van der Waals surface area contributed by atoms with E-state index in [1.165, 1.54) is 22.0 Å². The van der Waals surface area contributed by atoms with E-state index in [4.69, 9.17) is 0 Å². The largest absolute Gasteiger partial charge is 0.356 e. The summed E-state index contributed by atoms with van der Waals surface area (Å²) in [5, 5.41) is 2.93. The molecule has 0 spiro atoms. The molecule has 7 heteroatoms. The van der Waals surface area contributed by atoms with Gasteiger partial charge in [-0.2, -0.15) is 4.31 Å². The van der Waals surface area contributed by atoms with Crippen molar-refractivity contribution < 1.29 is 17.6 Å². The van der Waals surface area contributed by atoms with Gasteiger partial charge in [0.05, 0.1) is 10.8 Å². The molecular formula is C21H25FN2O3S. The Morgan fingerprint density at radius 1 is 1.11 bits per heavy atom. The van der Waals surface area contributed by atoms with Gasteiger partial charge in [0, 0.05) is 19.6 Å². The van der Waals surface area contributed by atoms with Crippen LogP contribution in [0.25, 0.3) is 0 Å². The molecule has 1 amide bonds. The second-order valence-corrected chi connectivity index (χ2v) is 8.97. The van der Waals surface area contributed by atoms with Crippen LogP contribution in [0.5, 0.6) is 0 Å². The normalized spacial score (nSPS) is 18.0. The molecule has 1 aliphatic rings. The molecule has 1 heterocycles. The van der Waals surface area contributed by atoms with Gasteiger partial charge in [-0.15, -0.1) is 0 Å². The molecule has 150 valence electrons. The lowest BCUT2D eigenvalue weighted by Crippen LogP contribution is -2.45. The highest BCUT2D eigenvalue weighted by Crippen LogP contribution is 2.24. The van der Waals surface area contributed by atoms with E-state index in [-0.39, 0.29) is 23.3 Å².